The molecule has 82 valence electrons. The number of esters is 1. The van der Waals surface area contributed by atoms with Gasteiger partial charge in [0.15, 0.2) is 0 Å². The van der Waals surface area contributed by atoms with Crippen LogP contribution in [0.15, 0.2) is 24.5 Å². The molecule has 0 bridgehead atoms. The van der Waals surface area contributed by atoms with Crippen molar-refractivity contribution in [2.45, 2.75) is 26.4 Å². The number of nitrogens with zero attached hydrogens (tertiary/aromatic N) is 1. The van der Waals surface area contributed by atoms with E-state index in [2.05, 4.69) is 10.3 Å². The fourth-order valence-electron chi connectivity index (χ4n) is 1.12. The molecule has 15 heavy (non-hydrogen) atoms. The van der Waals surface area contributed by atoms with E-state index in [1.54, 1.807) is 26.2 Å². The number of hydrogen-bond donors (Lipinski definition) is 1. The molecule has 0 spiro atoms. The van der Waals surface area contributed by atoms with Gasteiger partial charge in [-0.05, 0) is 31.5 Å². The van der Waals surface area contributed by atoms with E-state index in [1.807, 2.05) is 12.1 Å². The second-order valence-electron chi connectivity index (χ2n) is 3.21. The first-order chi connectivity index (χ1) is 7.24. The topological polar surface area (TPSA) is 51.2 Å². The Balaban J connectivity index is 2.34. The van der Waals surface area contributed by atoms with Crippen molar-refractivity contribution in [2.24, 2.45) is 0 Å². The summed E-state index contributed by atoms with van der Waals surface area (Å²) in [6.07, 6.45) is 3.46. The maximum atomic E-state index is 11.3. The Morgan fingerprint density at radius 3 is 2.80 bits per heavy atom. The van der Waals surface area contributed by atoms with Crippen LogP contribution in [0.5, 0.6) is 0 Å². The molecule has 0 fully saturated rings. The summed E-state index contributed by atoms with van der Waals surface area (Å²) in [5, 5.41) is 3.08. The van der Waals surface area contributed by atoms with Crippen LogP contribution < -0.4 is 5.32 Å². The Hall–Kier alpha value is -1.42. The van der Waals surface area contributed by atoms with Crippen LogP contribution in [0.3, 0.4) is 0 Å². The summed E-state index contributed by atoms with van der Waals surface area (Å²) in [7, 11) is 0. The average molecular weight is 208 g/mol. The molecule has 1 aromatic rings. The van der Waals surface area contributed by atoms with Gasteiger partial charge in [-0.3, -0.25) is 9.78 Å². The lowest BCUT2D eigenvalue weighted by Crippen LogP contribution is -2.34. The molecule has 1 rings (SSSR count). The summed E-state index contributed by atoms with van der Waals surface area (Å²) in [5.74, 6) is -0.216. The third-order valence-electron chi connectivity index (χ3n) is 2.00. The van der Waals surface area contributed by atoms with Gasteiger partial charge in [-0.15, -0.1) is 0 Å². The number of ether oxygens (including phenoxy) is 1. The lowest BCUT2D eigenvalue weighted by Gasteiger charge is -2.12. The molecule has 0 radical (unpaired) electrons. The molecule has 0 aliphatic rings. The van der Waals surface area contributed by atoms with Gasteiger partial charge in [0.2, 0.25) is 0 Å². The zero-order chi connectivity index (χ0) is 11.1. The highest BCUT2D eigenvalue weighted by atomic mass is 16.5. The van der Waals surface area contributed by atoms with Gasteiger partial charge in [0, 0.05) is 18.9 Å². The number of rotatable bonds is 5. The molecule has 0 aromatic carbocycles. The predicted octanol–water partition coefficient (Wildman–Crippen LogP) is 1.12. The summed E-state index contributed by atoms with van der Waals surface area (Å²) >= 11 is 0. The zero-order valence-corrected chi connectivity index (χ0v) is 9.06. The van der Waals surface area contributed by atoms with Gasteiger partial charge in [0.1, 0.15) is 6.04 Å². The first-order valence-corrected chi connectivity index (χ1v) is 5.03. The number of carbonyl (C=O) groups excluding carboxylic acids is 1. The molecular weight excluding hydrogens is 192 g/mol. The van der Waals surface area contributed by atoms with Crippen LogP contribution in [0.4, 0.5) is 0 Å². The van der Waals surface area contributed by atoms with Crippen LogP contribution in [0, 0.1) is 0 Å². The molecule has 0 aliphatic heterocycles. The summed E-state index contributed by atoms with van der Waals surface area (Å²) in [6.45, 7) is 4.65. The van der Waals surface area contributed by atoms with Crippen molar-refractivity contribution in [2.75, 3.05) is 6.61 Å². The molecule has 0 aliphatic carbocycles. The Morgan fingerprint density at radius 1 is 1.53 bits per heavy atom. The summed E-state index contributed by atoms with van der Waals surface area (Å²) in [4.78, 5) is 15.2. The van der Waals surface area contributed by atoms with Crippen LogP contribution in [-0.2, 0) is 16.1 Å². The van der Waals surface area contributed by atoms with Crippen LogP contribution in [0.25, 0.3) is 0 Å². The van der Waals surface area contributed by atoms with E-state index < -0.39 is 0 Å². The third-order valence-corrected chi connectivity index (χ3v) is 2.00. The quantitative estimate of drug-likeness (QED) is 0.737. The summed E-state index contributed by atoms with van der Waals surface area (Å²) in [5.41, 5.74) is 1.10. The molecule has 0 saturated carbocycles. The van der Waals surface area contributed by atoms with Crippen molar-refractivity contribution < 1.29 is 9.53 Å². The maximum absolute atomic E-state index is 11.3. The molecular formula is C11H16N2O2. The van der Waals surface area contributed by atoms with E-state index in [1.165, 1.54) is 0 Å². The van der Waals surface area contributed by atoms with Crippen LogP contribution >= 0.6 is 0 Å². The van der Waals surface area contributed by atoms with Crippen molar-refractivity contribution >= 4 is 5.97 Å². The minimum absolute atomic E-state index is 0.216. The van der Waals surface area contributed by atoms with Gasteiger partial charge < -0.3 is 10.1 Å². The largest absolute Gasteiger partial charge is 0.465 e. The molecule has 0 saturated heterocycles. The number of aromatic nitrogens is 1. The molecule has 0 unspecified atom stereocenters. The molecule has 4 nitrogen and oxygen atoms in total. The molecule has 1 N–H and O–H groups in total. The van der Waals surface area contributed by atoms with E-state index in [-0.39, 0.29) is 12.0 Å². The van der Waals surface area contributed by atoms with Crippen molar-refractivity contribution in [1.82, 2.24) is 10.3 Å². The van der Waals surface area contributed by atoms with Gasteiger partial charge in [-0.2, -0.15) is 0 Å². The first-order valence-electron chi connectivity index (χ1n) is 5.03. The van der Waals surface area contributed by atoms with Crippen molar-refractivity contribution in [3.8, 4) is 0 Å². The van der Waals surface area contributed by atoms with Crippen LogP contribution in [0.1, 0.15) is 19.4 Å². The highest BCUT2D eigenvalue weighted by molar-refractivity contribution is 5.75. The van der Waals surface area contributed by atoms with E-state index >= 15 is 0 Å². The Bertz CT molecular complexity index is 301. The van der Waals surface area contributed by atoms with Crippen LogP contribution in [-0.4, -0.2) is 23.6 Å². The van der Waals surface area contributed by atoms with Gasteiger partial charge in [-0.25, -0.2) is 0 Å². The SMILES string of the molecule is CCOC(=O)[C@H](C)NCc1ccncc1. The lowest BCUT2D eigenvalue weighted by molar-refractivity contribution is -0.145. The fourth-order valence-corrected chi connectivity index (χ4v) is 1.12. The highest BCUT2D eigenvalue weighted by Crippen LogP contribution is 1.97. The number of carbonyl (C=O) groups is 1. The van der Waals surface area contributed by atoms with Crippen molar-refractivity contribution in [1.29, 1.82) is 0 Å². The second kappa shape index (κ2) is 6.14. The van der Waals surface area contributed by atoms with E-state index in [4.69, 9.17) is 4.74 Å². The predicted molar refractivity (Wildman–Crippen MR) is 57.2 cm³/mol. The zero-order valence-electron chi connectivity index (χ0n) is 9.06. The Labute approximate surface area is 89.7 Å². The second-order valence-corrected chi connectivity index (χ2v) is 3.21. The Morgan fingerprint density at radius 2 is 2.20 bits per heavy atom. The normalized spacial score (nSPS) is 12.1. The number of hydrogen-bond acceptors (Lipinski definition) is 4. The van der Waals surface area contributed by atoms with Crippen molar-refractivity contribution in [3.63, 3.8) is 0 Å². The molecule has 1 atom stereocenters. The third kappa shape index (κ3) is 4.08. The van der Waals surface area contributed by atoms with Crippen LogP contribution in [0.2, 0.25) is 0 Å². The van der Waals surface area contributed by atoms with Gasteiger partial charge >= 0.3 is 5.97 Å². The minimum atomic E-state index is -0.280. The average Bonchev–Trinajstić information content (AvgIpc) is 2.27. The summed E-state index contributed by atoms with van der Waals surface area (Å²) in [6, 6.07) is 3.54. The van der Waals surface area contributed by atoms with Gasteiger partial charge in [0.05, 0.1) is 6.61 Å². The monoisotopic (exact) mass is 208 g/mol. The molecule has 4 heteroatoms. The number of pyridine rings is 1. The van der Waals surface area contributed by atoms with Crippen molar-refractivity contribution in [3.05, 3.63) is 30.1 Å². The van der Waals surface area contributed by atoms with Gasteiger partial charge in [-0.1, -0.05) is 0 Å². The smallest absolute Gasteiger partial charge is 0.322 e. The molecule has 1 heterocycles. The van der Waals surface area contributed by atoms with E-state index in [0.717, 1.165) is 5.56 Å². The molecule has 0 amide bonds. The number of nitrogens with one attached hydrogen (secondary N) is 1. The highest BCUT2D eigenvalue weighted by Gasteiger charge is 2.12. The first kappa shape index (κ1) is 11.7. The molecule has 1 aromatic heterocycles. The van der Waals surface area contributed by atoms with E-state index in [9.17, 15) is 4.79 Å². The fraction of sp³-hybridized carbons (Fsp3) is 0.455. The Kier molecular flexibility index (Phi) is 4.77. The maximum Gasteiger partial charge on any atom is 0.322 e. The van der Waals surface area contributed by atoms with Gasteiger partial charge in [0.25, 0.3) is 0 Å². The van der Waals surface area contributed by atoms with E-state index in [0.29, 0.717) is 13.2 Å². The standard InChI is InChI=1S/C11H16N2O2/c1-3-15-11(14)9(2)13-8-10-4-6-12-7-5-10/h4-7,9,13H,3,8H2,1-2H3/t9-/m0/s1. The summed E-state index contributed by atoms with van der Waals surface area (Å²) < 4.78 is 4.88. The lowest BCUT2D eigenvalue weighted by atomic mass is 10.2. The minimum Gasteiger partial charge on any atom is -0.465 e.